The average Bonchev–Trinajstić information content (AvgIpc) is 2.32. The van der Waals surface area contributed by atoms with Gasteiger partial charge in [0.05, 0.1) is 18.6 Å². The zero-order valence-electron chi connectivity index (χ0n) is 11.5. The van der Waals surface area contributed by atoms with Gasteiger partial charge in [0.1, 0.15) is 6.61 Å². The third-order valence-electron chi connectivity index (χ3n) is 3.12. The van der Waals surface area contributed by atoms with Crippen LogP contribution in [0.25, 0.3) is 0 Å². The number of carbonyl (C=O) groups excluding carboxylic acids is 2. The predicted molar refractivity (Wildman–Crippen MR) is 66.0 cm³/mol. The molecule has 0 aromatic carbocycles. The van der Waals surface area contributed by atoms with Crippen molar-refractivity contribution >= 4 is 11.9 Å². The Balaban J connectivity index is 2.30. The SMILES string of the molecule is COC(=O)C(C)CN(C)C(=O)COC1(C)CNC1. The molecular formula is C12H22N2O4. The van der Waals surface area contributed by atoms with Crippen LogP contribution in [0.15, 0.2) is 0 Å². The Bertz CT molecular complexity index is 315. The summed E-state index contributed by atoms with van der Waals surface area (Å²) in [6, 6.07) is 0. The van der Waals surface area contributed by atoms with Crippen molar-refractivity contribution in [3.8, 4) is 0 Å². The maximum absolute atomic E-state index is 11.8. The topological polar surface area (TPSA) is 67.9 Å². The highest BCUT2D eigenvalue weighted by atomic mass is 16.5. The van der Waals surface area contributed by atoms with Crippen LogP contribution >= 0.6 is 0 Å². The molecule has 104 valence electrons. The lowest BCUT2D eigenvalue weighted by atomic mass is 10.0. The number of nitrogens with one attached hydrogen (secondary N) is 1. The molecule has 0 bridgehead atoms. The van der Waals surface area contributed by atoms with Crippen LogP contribution in [0.1, 0.15) is 13.8 Å². The number of rotatable bonds is 6. The van der Waals surface area contributed by atoms with Gasteiger partial charge in [-0.3, -0.25) is 9.59 Å². The third-order valence-corrected chi connectivity index (χ3v) is 3.12. The van der Waals surface area contributed by atoms with Crippen molar-refractivity contribution in [3.05, 3.63) is 0 Å². The summed E-state index contributed by atoms with van der Waals surface area (Å²) in [5.41, 5.74) is -0.232. The van der Waals surface area contributed by atoms with E-state index in [0.29, 0.717) is 6.54 Å². The summed E-state index contributed by atoms with van der Waals surface area (Å²) >= 11 is 0. The number of esters is 1. The Morgan fingerprint density at radius 2 is 2.06 bits per heavy atom. The molecule has 1 heterocycles. The normalized spacial score (nSPS) is 18.7. The molecule has 1 aliphatic heterocycles. The van der Waals surface area contributed by atoms with Gasteiger partial charge in [0.25, 0.3) is 0 Å². The van der Waals surface area contributed by atoms with Crippen LogP contribution in [0.2, 0.25) is 0 Å². The molecule has 1 N–H and O–H groups in total. The van der Waals surface area contributed by atoms with Gasteiger partial charge in [-0.25, -0.2) is 0 Å². The molecule has 0 aromatic heterocycles. The summed E-state index contributed by atoms with van der Waals surface area (Å²) in [4.78, 5) is 24.5. The minimum Gasteiger partial charge on any atom is -0.469 e. The fourth-order valence-corrected chi connectivity index (χ4v) is 1.71. The Morgan fingerprint density at radius 1 is 1.44 bits per heavy atom. The van der Waals surface area contributed by atoms with Crippen molar-refractivity contribution in [3.63, 3.8) is 0 Å². The Morgan fingerprint density at radius 3 is 2.50 bits per heavy atom. The van der Waals surface area contributed by atoms with E-state index in [0.717, 1.165) is 13.1 Å². The zero-order valence-corrected chi connectivity index (χ0v) is 11.5. The van der Waals surface area contributed by atoms with E-state index in [4.69, 9.17) is 4.74 Å². The highest BCUT2D eigenvalue weighted by molar-refractivity contribution is 5.78. The molecule has 1 rings (SSSR count). The maximum Gasteiger partial charge on any atom is 0.310 e. The third kappa shape index (κ3) is 3.96. The lowest BCUT2D eigenvalue weighted by Gasteiger charge is -2.39. The van der Waals surface area contributed by atoms with E-state index in [9.17, 15) is 9.59 Å². The number of nitrogens with zero attached hydrogens (tertiary/aromatic N) is 1. The quantitative estimate of drug-likeness (QED) is 0.659. The molecule has 0 aliphatic carbocycles. The zero-order chi connectivity index (χ0) is 13.8. The molecule has 0 spiro atoms. The average molecular weight is 258 g/mol. The molecule has 1 amide bonds. The van der Waals surface area contributed by atoms with E-state index in [1.165, 1.54) is 12.0 Å². The first-order chi connectivity index (χ1) is 8.38. The van der Waals surface area contributed by atoms with E-state index in [1.807, 2.05) is 6.92 Å². The largest absolute Gasteiger partial charge is 0.469 e. The summed E-state index contributed by atoms with van der Waals surface area (Å²) in [5, 5.41) is 3.10. The summed E-state index contributed by atoms with van der Waals surface area (Å²) in [5.74, 6) is -0.769. The number of hydrogen-bond acceptors (Lipinski definition) is 5. The molecule has 0 aromatic rings. The highest BCUT2D eigenvalue weighted by Gasteiger charge is 2.33. The second-order valence-electron chi connectivity index (χ2n) is 5.04. The van der Waals surface area contributed by atoms with Crippen molar-refractivity contribution in [2.75, 3.05) is 40.4 Å². The van der Waals surface area contributed by atoms with Gasteiger partial charge in [-0.1, -0.05) is 6.92 Å². The smallest absolute Gasteiger partial charge is 0.310 e. The van der Waals surface area contributed by atoms with E-state index in [2.05, 4.69) is 10.1 Å². The molecule has 18 heavy (non-hydrogen) atoms. The van der Waals surface area contributed by atoms with Crippen LogP contribution in [0.5, 0.6) is 0 Å². The van der Waals surface area contributed by atoms with Crippen LogP contribution in [0, 0.1) is 5.92 Å². The minimum absolute atomic E-state index is 0.0442. The second kappa shape index (κ2) is 6.15. The monoisotopic (exact) mass is 258 g/mol. The summed E-state index contributed by atoms with van der Waals surface area (Å²) < 4.78 is 10.2. The Labute approximate surface area is 108 Å². The van der Waals surface area contributed by atoms with Gasteiger partial charge >= 0.3 is 5.97 Å². The van der Waals surface area contributed by atoms with Crippen molar-refractivity contribution < 1.29 is 19.1 Å². The van der Waals surface area contributed by atoms with E-state index >= 15 is 0 Å². The summed E-state index contributed by atoms with van der Waals surface area (Å²) in [6.07, 6.45) is 0. The first-order valence-corrected chi connectivity index (χ1v) is 6.04. The first-order valence-electron chi connectivity index (χ1n) is 6.04. The van der Waals surface area contributed by atoms with Gasteiger partial charge in [0.2, 0.25) is 5.91 Å². The molecule has 1 saturated heterocycles. The van der Waals surface area contributed by atoms with Gasteiger partial charge in [-0.05, 0) is 6.92 Å². The number of carbonyl (C=O) groups is 2. The van der Waals surface area contributed by atoms with Gasteiger partial charge in [0.15, 0.2) is 0 Å². The molecular weight excluding hydrogens is 236 g/mol. The number of methoxy groups -OCH3 is 1. The molecule has 1 unspecified atom stereocenters. The molecule has 1 aliphatic rings. The van der Waals surface area contributed by atoms with Crippen molar-refractivity contribution in [2.45, 2.75) is 19.4 Å². The second-order valence-corrected chi connectivity index (χ2v) is 5.04. The van der Waals surface area contributed by atoms with Crippen LogP contribution in [-0.4, -0.2) is 62.8 Å². The Kier molecular flexibility index (Phi) is 5.10. The lowest BCUT2D eigenvalue weighted by Crippen LogP contribution is -2.59. The molecule has 1 atom stereocenters. The maximum atomic E-state index is 11.8. The minimum atomic E-state index is -0.329. The molecule has 6 nitrogen and oxygen atoms in total. The molecule has 0 saturated carbocycles. The molecule has 6 heteroatoms. The van der Waals surface area contributed by atoms with Gasteiger partial charge in [-0.15, -0.1) is 0 Å². The number of amides is 1. The van der Waals surface area contributed by atoms with E-state index in [-0.39, 0.29) is 30.0 Å². The lowest BCUT2D eigenvalue weighted by molar-refractivity contribution is -0.149. The number of hydrogen-bond donors (Lipinski definition) is 1. The summed E-state index contributed by atoms with van der Waals surface area (Å²) in [6.45, 7) is 5.61. The van der Waals surface area contributed by atoms with Gasteiger partial charge < -0.3 is 19.7 Å². The van der Waals surface area contributed by atoms with Crippen LogP contribution in [-0.2, 0) is 19.1 Å². The van der Waals surface area contributed by atoms with Crippen molar-refractivity contribution in [1.29, 1.82) is 0 Å². The summed E-state index contributed by atoms with van der Waals surface area (Å²) in [7, 11) is 3.00. The number of likely N-dealkylation sites (N-methyl/N-ethyl adjacent to an activating group) is 1. The standard InChI is InChI=1S/C12H22N2O4/c1-9(11(16)17-4)5-14(3)10(15)6-18-12(2)7-13-8-12/h9,13H,5-8H2,1-4H3. The number of ether oxygens (including phenoxy) is 2. The Hall–Kier alpha value is -1.14. The highest BCUT2D eigenvalue weighted by Crippen LogP contribution is 2.15. The molecule has 0 radical (unpaired) electrons. The van der Waals surface area contributed by atoms with Crippen LogP contribution in [0.4, 0.5) is 0 Å². The fraction of sp³-hybridized carbons (Fsp3) is 0.833. The van der Waals surface area contributed by atoms with Crippen LogP contribution in [0.3, 0.4) is 0 Å². The van der Waals surface area contributed by atoms with Crippen molar-refractivity contribution in [1.82, 2.24) is 10.2 Å². The van der Waals surface area contributed by atoms with E-state index in [1.54, 1.807) is 14.0 Å². The fourth-order valence-electron chi connectivity index (χ4n) is 1.71. The van der Waals surface area contributed by atoms with Crippen LogP contribution < -0.4 is 5.32 Å². The van der Waals surface area contributed by atoms with Gasteiger partial charge in [0, 0.05) is 26.7 Å². The van der Waals surface area contributed by atoms with Gasteiger partial charge in [-0.2, -0.15) is 0 Å². The predicted octanol–water partition coefficient (Wildman–Crippen LogP) is -0.368. The first kappa shape index (κ1) is 14.9. The van der Waals surface area contributed by atoms with Crippen molar-refractivity contribution in [2.24, 2.45) is 5.92 Å². The van der Waals surface area contributed by atoms with E-state index < -0.39 is 0 Å². The molecule has 1 fully saturated rings.